The number of anilines is 1. The molecule has 0 bridgehead atoms. The molecule has 1 saturated heterocycles. The van der Waals surface area contributed by atoms with Crippen molar-refractivity contribution in [1.29, 1.82) is 0 Å². The van der Waals surface area contributed by atoms with E-state index in [0.29, 0.717) is 41.9 Å². The number of benzene rings is 2. The molecule has 0 atom stereocenters. The second-order valence-electron chi connectivity index (χ2n) is 7.76. The summed E-state index contributed by atoms with van der Waals surface area (Å²) in [5.41, 5.74) is 3.68. The molecule has 0 radical (unpaired) electrons. The van der Waals surface area contributed by atoms with Gasteiger partial charge in [0.1, 0.15) is 5.75 Å². The molecule has 1 aliphatic heterocycles. The van der Waals surface area contributed by atoms with Crippen molar-refractivity contribution in [2.24, 2.45) is 0 Å². The number of rotatable bonds is 5. The molecule has 8 heteroatoms. The summed E-state index contributed by atoms with van der Waals surface area (Å²) in [6.45, 7) is 6.67. The van der Waals surface area contributed by atoms with Crippen molar-refractivity contribution in [2.45, 2.75) is 13.8 Å². The quantitative estimate of drug-likeness (QED) is 0.536. The van der Waals surface area contributed by atoms with E-state index in [1.165, 1.54) is 0 Å². The van der Waals surface area contributed by atoms with Crippen LogP contribution >= 0.6 is 23.2 Å². The van der Waals surface area contributed by atoms with E-state index in [1.807, 2.05) is 55.1 Å². The van der Waals surface area contributed by atoms with Gasteiger partial charge >= 0.3 is 0 Å². The third-order valence-electron chi connectivity index (χ3n) is 5.72. The van der Waals surface area contributed by atoms with Gasteiger partial charge in [0, 0.05) is 36.8 Å². The maximum atomic E-state index is 12.6. The lowest BCUT2D eigenvalue weighted by atomic mass is 10.1. The van der Waals surface area contributed by atoms with E-state index >= 15 is 0 Å². The van der Waals surface area contributed by atoms with Crippen molar-refractivity contribution in [3.63, 3.8) is 0 Å². The van der Waals surface area contributed by atoms with Crippen LogP contribution in [0.4, 0.5) is 5.82 Å². The first-order valence-corrected chi connectivity index (χ1v) is 11.2. The highest BCUT2D eigenvalue weighted by Crippen LogP contribution is 2.29. The number of aryl methyl sites for hydroxylation is 1. The first kappa shape index (κ1) is 22.4. The van der Waals surface area contributed by atoms with E-state index in [9.17, 15) is 4.79 Å². The number of ether oxygens (including phenoxy) is 1. The van der Waals surface area contributed by atoms with Gasteiger partial charge in [0.15, 0.2) is 12.4 Å². The van der Waals surface area contributed by atoms with Gasteiger partial charge < -0.3 is 14.5 Å². The lowest BCUT2D eigenvalue weighted by Crippen LogP contribution is -2.50. The molecule has 4 rings (SSSR count). The Morgan fingerprint density at radius 3 is 2.47 bits per heavy atom. The Balaban J connectivity index is 1.32. The third-order valence-corrected chi connectivity index (χ3v) is 6.27. The molecule has 2 heterocycles. The van der Waals surface area contributed by atoms with Gasteiger partial charge in [0.2, 0.25) is 0 Å². The van der Waals surface area contributed by atoms with Crippen LogP contribution in [0, 0.1) is 13.8 Å². The van der Waals surface area contributed by atoms with Crippen LogP contribution in [0.5, 0.6) is 5.75 Å². The second kappa shape index (κ2) is 9.76. The maximum Gasteiger partial charge on any atom is 0.260 e. The lowest BCUT2D eigenvalue weighted by molar-refractivity contribution is -0.133. The number of amides is 1. The fourth-order valence-electron chi connectivity index (χ4n) is 3.63. The molecule has 0 aliphatic carbocycles. The van der Waals surface area contributed by atoms with Gasteiger partial charge in [-0.1, -0.05) is 35.3 Å². The molecule has 1 aromatic heterocycles. The van der Waals surface area contributed by atoms with E-state index in [-0.39, 0.29) is 12.5 Å². The molecule has 1 aliphatic rings. The van der Waals surface area contributed by atoms with Crippen molar-refractivity contribution in [3.8, 4) is 17.0 Å². The lowest BCUT2D eigenvalue weighted by Gasteiger charge is -2.35. The fourth-order valence-corrected chi connectivity index (χ4v) is 4.14. The van der Waals surface area contributed by atoms with Crippen molar-refractivity contribution in [2.75, 3.05) is 37.7 Å². The first-order chi connectivity index (χ1) is 15.4. The summed E-state index contributed by atoms with van der Waals surface area (Å²) in [4.78, 5) is 16.6. The highest BCUT2D eigenvalue weighted by Gasteiger charge is 2.23. The molecule has 3 aromatic rings. The molecule has 32 heavy (non-hydrogen) atoms. The molecular weight excluding hydrogens is 447 g/mol. The minimum absolute atomic E-state index is 0.00984. The Morgan fingerprint density at radius 2 is 1.78 bits per heavy atom. The number of hydrogen-bond acceptors (Lipinski definition) is 5. The second-order valence-corrected chi connectivity index (χ2v) is 8.60. The molecule has 1 amide bonds. The van der Waals surface area contributed by atoms with Gasteiger partial charge in [-0.25, -0.2) is 0 Å². The van der Waals surface area contributed by atoms with E-state index in [2.05, 4.69) is 15.1 Å². The summed E-state index contributed by atoms with van der Waals surface area (Å²) in [5, 5.41) is 9.81. The largest absolute Gasteiger partial charge is 0.483 e. The van der Waals surface area contributed by atoms with Gasteiger partial charge in [-0.2, -0.15) is 0 Å². The van der Waals surface area contributed by atoms with Crippen LogP contribution in [0.3, 0.4) is 0 Å². The van der Waals surface area contributed by atoms with Crippen LogP contribution in [0.1, 0.15) is 11.1 Å². The summed E-state index contributed by atoms with van der Waals surface area (Å²) >= 11 is 12.2. The SMILES string of the molecule is Cc1cccc(OCC(=O)N2CCN(c3ccc(-c4ccc(Cl)cc4Cl)nn3)CC2)c1C. The minimum Gasteiger partial charge on any atom is -0.483 e. The van der Waals surface area contributed by atoms with Gasteiger partial charge in [-0.15, -0.1) is 10.2 Å². The third kappa shape index (κ3) is 4.97. The van der Waals surface area contributed by atoms with E-state index < -0.39 is 0 Å². The van der Waals surface area contributed by atoms with Crippen LogP contribution < -0.4 is 9.64 Å². The first-order valence-electron chi connectivity index (χ1n) is 10.4. The van der Waals surface area contributed by atoms with Crippen molar-refractivity contribution >= 4 is 34.9 Å². The number of piperazine rings is 1. The Hall–Kier alpha value is -2.83. The summed E-state index contributed by atoms with van der Waals surface area (Å²) in [6, 6.07) is 15.0. The van der Waals surface area contributed by atoms with Gasteiger partial charge in [-0.05, 0) is 61.4 Å². The van der Waals surface area contributed by atoms with Crippen LogP contribution in [0.15, 0.2) is 48.5 Å². The Morgan fingerprint density at radius 1 is 1.00 bits per heavy atom. The van der Waals surface area contributed by atoms with Crippen molar-refractivity contribution in [1.82, 2.24) is 15.1 Å². The van der Waals surface area contributed by atoms with Crippen molar-refractivity contribution in [3.05, 3.63) is 69.7 Å². The highest BCUT2D eigenvalue weighted by molar-refractivity contribution is 6.36. The minimum atomic E-state index is -0.00984. The molecule has 0 unspecified atom stereocenters. The van der Waals surface area contributed by atoms with Crippen LogP contribution in [-0.2, 0) is 4.79 Å². The fraction of sp³-hybridized carbons (Fsp3) is 0.292. The average Bonchev–Trinajstić information content (AvgIpc) is 2.80. The summed E-state index contributed by atoms with van der Waals surface area (Å²) in [7, 11) is 0. The highest BCUT2D eigenvalue weighted by atomic mass is 35.5. The molecule has 6 nitrogen and oxygen atoms in total. The predicted octanol–water partition coefficient (Wildman–Crippen LogP) is 4.79. The van der Waals surface area contributed by atoms with Crippen LogP contribution in [-0.4, -0.2) is 53.8 Å². The number of carbonyl (C=O) groups is 1. The zero-order valence-corrected chi connectivity index (χ0v) is 19.5. The molecule has 166 valence electrons. The van der Waals surface area contributed by atoms with Gasteiger partial charge in [0.25, 0.3) is 5.91 Å². The Bertz CT molecular complexity index is 1110. The predicted molar refractivity (Wildman–Crippen MR) is 128 cm³/mol. The zero-order chi connectivity index (χ0) is 22.7. The zero-order valence-electron chi connectivity index (χ0n) is 18.0. The van der Waals surface area contributed by atoms with Crippen LogP contribution in [0.2, 0.25) is 10.0 Å². The van der Waals surface area contributed by atoms with Crippen molar-refractivity contribution < 1.29 is 9.53 Å². The Kier molecular flexibility index (Phi) is 6.82. The molecular formula is C24H24Cl2N4O2. The van der Waals surface area contributed by atoms with Crippen LogP contribution in [0.25, 0.3) is 11.3 Å². The molecule has 0 N–H and O–H groups in total. The van der Waals surface area contributed by atoms with Gasteiger partial charge in [0.05, 0.1) is 10.7 Å². The average molecular weight is 471 g/mol. The molecule has 1 fully saturated rings. The Labute approximate surface area is 197 Å². The topological polar surface area (TPSA) is 58.6 Å². The maximum absolute atomic E-state index is 12.6. The number of nitrogens with zero attached hydrogens (tertiary/aromatic N) is 4. The molecule has 0 spiro atoms. The summed E-state index contributed by atoms with van der Waals surface area (Å²) < 4.78 is 5.77. The number of aromatic nitrogens is 2. The van der Waals surface area contributed by atoms with Gasteiger partial charge in [-0.3, -0.25) is 4.79 Å². The monoisotopic (exact) mass is 470 g/mol. The summed E-state index contributed by atoms with van der Waals surface area (Å²) in [5.74, 6) is 1.52. The molecule has 0 saturated carbocycles. The standard InChI is InChI=1S/C24H24Cl2N4O2/c1-16-4-3-5-22(17(16)2)32-15-24(31)30-12-10-29(11-13-30)23-9-8-21(27-28-23)19-7-6-18(25)14-20(19)26/h3-9,14H,10-13,15H2,1-2H3. The number of hydrogen-bond donors (Lipinski definition) is 0. The smallest absolute Gasteiger partial charge is 0.260 e. The normalized spacial score (nSPS) is 13.9. The van der Waals surface area contributed by atoms with E-state index in [0.717, 1.165) is 28.3 Å². The van der Waals surface area contributed by atoms with E-state index in [4.69, 9.17) is 27.9 Å². The summed E-state index contributed by atoms with van der Waals surface area (Å²) in [6.07, 6.45) is 0. The number of carbonyl (C=O) groups excluding carboxylic acids is 1. The van der Waals surface area contributed by atoms with E-state index in [1.54, 1.807) is 12.1 Å². The number of halogens is 2. The molecule has 2 aromatic carbocycles.